The average molecular weight is 336 g/mol. The Bertz CT molecular complexity index is 707. The zero-order chi connectivity index (χ0) is 13.2. The van der Waals surface area contributed by atoms with Crippen LogP contribution < -0.4 is 5.73 Å². The fraction of sp³-hybridized carbons (Fsp3) is 0.0769. The molecule has 0 saturated heterocycles. The predicted molar refractivity (Wildman–Crippen MR) is 79.0 cm³/mol. The number of benzene rings is 1. The second kappa shape index (κ2) is 5.14. The van der Waals surface area contributed by atoms with Crippen LogP contribution in [0.1, 0.15) is 11.4 Å². The summed E-state index contributed by atoms with van der Waals surface area (Å²) in [5.41, 5.74) is 7.76. The van der Waals surface area contributed by atoms with E-state index in [-0.39, 0.29) is 0 Å². The molecule has 0 bridgehead atoms. The standard InChI is InChI=1S/C13H10BrN3OS/c14-10-4-2-1-3-8(10)7-11-16-13(18-17-11)9-5-6-19-12(9)15/h1-6H,7,15H2. The fourth-order valence-corrected chi connectivity index (χ4v) is 2.80. The molecule has 0 atom stereocenters. The molecular weight excluding hydrogens is 326 g/mol. The van der Waals surface area contributed by atoms with Crippen LogP contribution in [-0.4, -0.2) is 10.1 Å². The van der Waals surface area contributed by atoms with Crippen LogP contribution in [0.2, 0.25) is 0 Å². The van der Waals surface area contributed by atoms with E-state index in [2.05, 4.69) is 26.1 Å². The van der Waals surface area contributed by atoms with Gasteiger partial charge in [-0.1, -0.05) is 39.3 Å². The zero-order valence-corrected chi connectivity index (χ0v) is 12.2. The summed E-state index contributed by atoms with van der Waals surface area (Å²) < 4.78 is 6.29. The molecule has 4 nitrogen and oxygen atoms in total. The lowest BCUT2D eigenvalue weighted by molar-refractivity contribution is 0.424. The number of nitrogens with zero attached hydrogens (tertiary/aromatic N) is 2. The normalized spacial score (nSPS) is 10.8. The van der Waals surface area contributed by atoms with E-state index in [1.54, 1.807) is 0 Å². The molecule has 2 N–H and O–H groups in total. The lowest BCUT2D eigenvalue weighted by atomic mass is 10.1. The fourth-order valence-electron chi connectivity index (χ4n) is 1.74. The lowest BCUT2D eigenvalue weighted by Gasteiger charge is -1.99. The first-order valence-corrected chi connectivity index (χ1v) is 7.30. The van der Waals surface area contributed by atoms with Gasteiger partial charge in [0.15, 0.2) is 5.82 Å². The van der Waals surface area contributed by atoms with Crippen molar-refractivity contribution >= 4 is 32.3 Å². The Balaban J connectivity index is 1.87. The van der Waals surface area contributed by atoms with Crippen LogP contribution in [0.3, 0.4) is 0 Å². The van der Waals surface area contributed by atoms with E-state index in [9.17, 15) is 0 Å². The van der Waals surface area contributed by atoms with Gasteiger partial charge in [-0.15, -0.1) is 11.3 Å². The van der Waals surface area contributed by atoms with Gasteiger partial charge in [-0.25, -0.2) is 0 Å². The van der Waals surface area contributed by atoms with Gasteiger partial charge in [0.1, 0.15) is 0 Å². The minimum atomic E-state index is 0.473. The number of halogens is 1. The molecule has 3 rings (SSSR count). The number of aromatic nitrogens is 2. The molecule has 1 aromatic carbocycles. The molecule has 0 saturated carbocycles. The van der Waals surface area contributed by atoms with Gasteiger partial charge in [-0.3, -0.25) is 0 Å². The minimum absolute atomic E-state index is 0.473. The largest absolute Gasteiger partial charge is 0.390 e. The first-order valence-electron chi connectivity index (χ1n) is 5.63. The van der Waals surface area contributed by atoms with Crippen molar-refractivity contribution < 1.29 is 4.52 Å². The second-order valence-electron chi connectivity index (χ2n) is 3.98. The number of anilines is 1. The van der Waals surface area contributed by atoms with Crippen molar-refractivity contribution in [3.05, 3.63) is 51.6 Å². The topological polar surface area (TPSA) is 64.9 Å². The highest BCUT2D eigenvalue weighted by Gasteiger charge is 2.13. The number of nitrogens with two attached hydrogens (primary N) is 1. The Hall–Kier alpha value is -1.66. The third-order valence-electron chi connectivity index (χ3n) is 2.70. The summed E-state index contributed by atoms with van der Waals surface area (Å²) in [6.07, 6.45) is 0.620. The predicted octanol–water partition coefficient (Wildman–Crippen LogP) is 3.73. The summed E-state index contributed by atoms with van der Waals surface area (Å²) >= 11 is 4.96. The number of hydrogen-bond donors (Lipinski definition) is 1. The van der Waals surface area contributed by atoms with Gasteiger partial charge >= 0.3 is 0 Å². The number of rotatable bonds is 3. The van der Waals surface area contributed by atoms with Gasteiger partial charge in [0.2, 0.25) is 0 Å². The van der Waals surface area contributed by atoms with Crippen LogP contribution in [0, 0.1) is 0 Å². The molecule has 96 valence electrons. The maximum atomic E-state index is 5.84. The van der Waals surface area contributed by atoms with Crippen molar-refractivity contribution in [1.82, 2.24) is 10.1 Å². The van der Waals surface area contributed by atoms with Crippen molar-refractivity contribution in [2.45, 2.75) is 6.42 Å². The molecule has 3 aromatic rings. The highest BCUT2D eigenvalue weighted by Crippen LogP contribution is 2.29. The molecule has 0 amide bonds. The van der Waals surface area contributed by atoms with Crippen LogP contribution in [0.4, 0.5) is 5.00 Å². The SMILES string of the molecule is Nc1sccc1-c1nc(Cc2ccccc2Br)no1. The Kier molecular flexibility index (Phi) is 3.35. The van der Waals surface area contributed by atoms with Crippen molar-refractivity contribution in [3.63, 3.8) is 0 Å². The third-order valence-corrected chi connectivity index (χ3v) is 4.22. The van der Waals surface area contributed by atoms with E-state index in [0.29, 0.717) is 23.1 Å². The quantitative estimate of drug-likeness (QED) is 0.791. The smallest absolute Gasteiger partial charge is 0.260 e. The highest BCUT2D eigenvalue weighted by atomic mass is 79.9. The van der Waals surface area contributed by atoms with Crippen LogP contribution >= 0.6 is 27.3 Å². The first-order chi connectivity index (χ1) is 9.24. The van der Waals surface area contributed by atoms with Crippen molar-refractivity contribution in [1.29, 1.82) is 0 Å². The molecule has 19 heavy (non-hydrogen) atoms. The molecule has 0 radical (unpaired) electrons. The molecule has 0 unspecified atom stereocenters. The minimum Gasteiger partial charge on any atom is -0.390 e. The molecule has 0 spiro atoms. The van der Waals surface area contributed by atoms with Crippen LogP contribution in [-0.2, 0) is 6.42 Å². The highest BCUT2D eigenvalue weighted by molar-refractivity contribution is 9.10. The third kappa shape index (κ3) is 2.54. The number of thiophene rings is 1. The summed E-state index contributed by atoms with van der Waals surface area (Å²) in [5.74, 6) is 1.12. The lowest BCUT2D eigenvalue weighted by Crippen LogP contribution is -1.92. The molecule has 0 aliphatic heterocycles. The first kappa shape index (κ1) is 12.4. The van der Waals surface area contributed by atoms with Gasteiger partial charge < -0.3 is 10.3 Å². The van der Waals surface area contributed by atoms with Crippen LogP contribution in [0.5, 0.6) is 0 Å². The van der Waals surface area contributed by atoms with Crippen molar-refractivity contribution in [3.8, 4) is 11.5 Å². The van der Waals surface area contributed by atoms with Crippen LogP contribution in [0.25, 0.3) is 11.5 Å². The maximum absolute atomic E-state index is 5.84. The van der Waals surface area contributed by atoms with E-state index < -0.39 is 0 Å². The molecular formula is C13H10BrN3OS. The molecule has 6 heteroatoms. The Morgan fingerprint density at radius 1 is 1.26 bits per heavy atom. The number of hydrogen-bond acceptors (Lipinski definition) is 5. The molecule has 0 fully saturated rings. The summed E-state index contributed by atoms with van der Waals surface area (Å²) in [6, 6.07) is 9.86. The molecule has 0 aliphatic rings. The van der Waals surface area contributed by atoms with Gasteiger partial charge in [0.25, 0.3) is 5.89 Å². The van der Waals surface area contributed by atoms with E-state index in [1.165, 1.54) is 11.3 Å². The Morgan fingerprint density at radius 2 is 2.11 bits per heavy atom. The number of nitrogen functional groups attached to an aromatic ring is 1. The second-order valence-corrected chi connectivity index (χ2v) is 5.78. The monoisotopic (exact) mass is 335 g/mol. The molecule has 2 heterocycles. The van der Waals surface area contributed by atoms with Crippen molar-refractivity contribution in [2.24, 2.45) is 0 Å². The molecule has 0 aliphatic carbocycles. The van der Waals surface area contributed by atoms with Crippen LogP contribution in [0.15, 0.2) is 44.7 Å². The van der Waals surface area contributed by atoms with Gasteiger partial charge in [0, 0.05) is 10.9 Å². The van der Waals surface area contributed by atoms with Crippen molar-refractivity contribution in [2.75, 3.05) is 5.73 Å². The average Bonchev–Trinajstić information content (AvgIpc) is 3.01. The van der Waals surface area contributed by atoms with Gasteiger partial charge in [-0.05, 0) is 23.1 Å². The molecule has 2 aromatic heterocycles. The summed E-state index contributed by atoms with van der Waals surface area (Å²) in [7, 11) is 0. The van der Waals surface area contributed by atoms with E-state index >= 15 is 0 Å². The summed E-state index contributed by atoms with van der Waals surface area (Å²) in [5, 5.41) is 6.59. The van der Waals surface area contributed by atoms with Gasteiger partial charge in [-0.2, -0.15) is 4.98 Å². The van der Waals surface area contributed by atoms with E-state index in [0.717, 1.165) is 15.6 Å². The summed E-state index contributed by atoms with van der Waals surface area (Å²) in [4.78, 5) is 4.38. The Morgan fingerprint density at radius 3 is 2.84 bits per heavy atom. The van der Waals surface area contributed by atoms with E-state index in [1.807, 2.05) is 35.7 Å². The van der Waals surface area contributed by atoms with E-state index in [4.69, 9.17) is 10.3 Å². The maximum Gasteiger partial charge on any atom is 0.260 e. The summed E-state index contributed by atoms with van der Waals surface area (Å²) in [6.45, 7) is 0. The Labute approximate surface area is 122 Å². The van der Waals surface area contributed by atoms with Gasteiger partial charge in [0.05, 0.1) is 10.6 Å². The zero-order valence-electron chi connectivity index (χ0n) is 9.84.